The summed E-state index contributed by atoms with van der Waals surface area (Å²) in [6.07, 6.45) is 9.29. The zero-order chi connectivity index (χ0) is 9.80. The molecule has 0 heterocycles. The standard InChI is InChI=1S/C11H21N3/c12-11(13-8-9-6-7-9)14-10-4-2-1-3-5-10/h9-10H,1-8H2,(H3,12,13,14). The molecule has 0 aliphatic heterocycles. The third-order valence-electron chi connectivity index (χ3n) is 3.17. The summed E-state index contributed by atoms with van der Waals surface area (Å²) in [5.41, 5.74) is 5.82. The van der Waals surface area contributed by atoms with E-state index in [1.54, 1.807) is 0 Å². The van der Waals surface area contributed by atoms with Crippen molar-refractivity contribution in [3.63, 3.8) is 0 Å². The van der Waals surface area contributed by atoms with Gasteiger partial charge in [0.2, 0.25) is 0 Å². The van der Waals surface area contributed by atoms with Crippen LogP contribution in [-0.2, 0) is 0 Å². The molecule has 3 N–H and O–H groups in total. The quantitative estimate of drug-likeness (QED) is 0.531. The van der Waals surface area contributed by atoms with Crippen molar-refractivity contribution in [2.75, 3.05) is 6.54 Å². The van der Waals surface area contributed by atoms with Crippen LogP contribution in [0.2, 0.25) is 0 Å². The molecule has 0 aromatic rings. The summed E-state index contributed by atoms with van der Waals surface area (Å²) in [6, 6.07) is 0.590. The van der Waals surface area contributed by atoms with E-state index in [0.717, 1.165) is 12.5 Å². The van der Waals surface area contributed by atoms with Gasteiger partial charge in [-0.25, -0.2) is 0 Å². The molecule has 14 heavy (non-hydrogen) atoms. The Morgan fingerprint density at radius 3 is 2.50 bits per heavy atom. The van der Waals surface area contributed by atoms with Crippen LogP contribution in [0.15, 0.2) is 4.99 Å². The smallest absolute Gasteiger partial charge is 0.188 e. The minimum absolute atomic E-state index is 0.590. The normalized spacial score (nSPS) is 25.0. The van der Waals surface area contributed by atoms with Crippen LogP contribution in [0.25, 0.3) is 0 Å². The lowest BCUT2D eigenvalue weighted by atomic mass is 9.96. The van der Waals surface area contributed by atoms with Crippen molar-refractivity contribution in [1.82, 2.24) is 5.32 Å². The minimum atomic E-state index is 0.590. The molecule has 0 radical (unpaired) electrons. The van der Waals surface area contributed by atoms with Gasteiger partial charge in [0, 0.05) is 12.6 Å². The first-order valence-electron chi connectivity index (χ1n) is 5.91. The Labute approximate surface area is 86.2 Å². The van der Waals surface area contributed by atoms with Gasteiger partial charge in [0.25, 0.3) is 0 Å². The summed E-state index contributed by atoms with van der Waals surface area (Å²) < 4.78 is 0. The molecule has 3 heteroatoms. The van der Waals surface area contributed by atoms with E-state index in [2.05, 4.69) is 10.3 Å². The molecule has 2 saturated carbocycles. The highest BCUT2D eigenvalue weighted by Crippen LogP contribution is 2.28. The first-order valence-corrected chi connectivity index (χ1v) is 5.91. The van der Waals surface area contributed by atoms with E-state index < -0.39 is 0 Å². The van der Waals surface area contributed by atoms with Crippen LogP contribution in [0.3, 0.4) is 0 Å². The third-order valence-corrected chi connectivity index (χ3v) is 3.17. The van der Waals surface area contributed by atoms with Crippen LogP contribution in [0.5, 0.6) is 0 Å². The van der Waals surface area contributed by atoms with Crippen LogP contribution in [0.1, 0.15) is 44.9 Å². The maximum absolute atomic E-state index is 5.82. The predicted molar refractivity (Wildman–Crippen MR) is 59.2 cm³/mol. The largest absolute Gasteiger partial charge is 0.370 e. The zero-order valence-electron chi connectivity index (χ0n) is 8.84. The van der Waals surface area contributed by atoms with Gasteiger partial charge in [-0.3, -0.25) is 4.99 Å². The molecule has 80 valence electrons. The van der Waals surface area contributed by atoms with Crippen molar-refractivity contribution in [3.8, 4) is 0 Å². The fourth-order valence-electron chi connectivity index (χ4n) is 2.03. The highest BCUT2D eigenvalue weighted by atomic mass is 15.1. The predicted octanol–water partition coefficient (Wildman–Crippen LogP) is 1.63. The van der Waals surface area contributed by atoms with Crippen molar-refractivity contribution in [1.29, 1.82) is 0 Å². The molecule has 2 fully saturated rings. The summed E-state index contributed by atoms with van der Waals surface area (Å²) in [6.45, 7) is 0.936. The van der Waals surface area contributed by atoms with E-state index in [1.807, 2.05) is 0 Å². The zero-order valence-corrected chi connectivity index (χ0v) is 8.84. The molecule has 0 spiro atoms. The van der Waals surface area contributed by atoms with Crippen molar-refractivity contribution >= 4 is 5.96 Å². The maximum Gasteiger partial charge on any atom is 0.188 e. The fraction of sp³-hybridized carbons (Fsp3) is 0.909. The molecule has 2 aliphatic rings. The Kier molecular flexibility index (Phi) is 3.27. The number of aliphatic imine (C=N–C) groups is 1. The van der Waals surface area contributed by atoms with Gasteiger partial charge in [-0.05, 0) is 31.6 Å². The molecular weight excluding hydrogens is 174 g/mol. The lowest BCUT2D eigenvalue weighted by Crippen LogP contribution is -2.41. The molecule has 0 bridgehead atoms. The number of nitrogens with two attached hydrogens (primary N) is 1. The summed E-state index contributed by atoms with van der Waals surface area (Å²) in [4.78, 5) is 4.36. The van der Waals surface area contributed by atoms with Crippen LogP contribution in [0.4, 0.5) is 0 Å². The number of nitrogens with one attached hydrogen (secondary N) is 1. The van der Waals surface area contributed by atoms with Gasteiger partial charge in [-0.2, -0.15) is 0 Å². The maximum atomic E-state index is 5.82. The van der Waals surface area contributed by atoms with Crippen molar-refractivity contribution in [2.45, 2.75) is 51.0 Å². The number of nitrogens with zero attached hydrogens (tertiary/aromatic N) is 1. The minimum Gasteiger partial charge on any atom is -0.370 e. The second-order valence-electron chi connectivity index (χ2n) is 4.65. The molecular formula is C11H21N3. The lowest BCUT2D eigenvalue weighted by molar-refractivity contribution is 0.412. The number of hydrogen-bond acceptors (Lipinski definition) is 1. The van der Waals surface area contributed by atoms with Crippen LogP contribution in [-0.4, -0.2) is 18.5 Å². The van der Waals surface area contributed by atoms with Crippen molar-refractivity contribution < 1.29 is 0 Å². The third kappa shape index (κ3) is 3.20. The van der Waals surface area contributed by atoms with Gasteiger partial charge in [0.15, 0.2) is 5.96 Å². The SMILES string of the molecule is NC(=NCC1CC1)NC1CCCCC1. The number of rotatable bonds is 3. The molecule has 2 aliphatic carbocycles. The van der Waals surface area contributed by atoms with Gasteiger partial charge in [0.05, 0.1) is 0 Å². The Morgan fingerprint density at radius 2 is 1.86 bits per heavy atom. The van der Waals surface area contributed by atoms with E-state index in [9.17, 15) is 0 Å². The van der Waals surface area contributed by atoms with E-state index in [1.165, 1.54) is 44.9 Å². The van der Waals surface area contributed by atoms with Crippen LogP contribution < -0.4 is 11.1 Å². The lowest BCUT2D eigenvalue weighted by Gasteiger charge is -2.23. The molecule has 0 unspecified atom stereocenters. The average molecular weight is 195 g/mol. The van der Waals surface area contributed by atoms with E-state index in [-0.39, 0.29) is 0 Å². The summed E-state index contributed by atoms with van der Waals surface area (Å²) >= 11 is 0. The van der Waals surface area contributed by atoms with Gasteiger partial charge >= 0.3 is 0 Å². The highest BCUT2D eigenvalue weighted by Gasteiger charge is 2.20. The van der Waals surface area contributed by atoms with E-state index in [4.69, 9.17) is 5.73 Å². The highest BCUT2D eigenvalue weighted by molar-refractivity contribution is 5.78. The number of guanidine groups is 1. The first-order chi connectivity index (χ1) is 6.84. The summed E-state index contributed by atoms with van der Waals surface area (Å²) in [5.74, 6) is 1.51. The first kappa shape index (κ1) is 9.81. The van der Waals surface area contributed by atoms with Gasteiger partial charge < -0.3 is 11.1 Å². The second kappa shape index (κ2) is 4.67. The Bertz CT molecular complexity index is 203. The van der Waals surface area contributed by atoms with Crippen LogP contribution >= 0.6 is 0 Å². The summed E-state index contributed by atoms with van der Waals surface area (Å²) in [5, 5.41) is 3.33. The summed E-state index contributed by atoms with van der Waals surface area (Å²) in [7, 11) is 0. The Morgan fingerprint density at radius 1 is 1.14 bits per heavy atom. The monoisotopic (exact) mass is 195 g/mol. The topological polar surface area (TPSA) is 50.4 Å². The van der Waals surface area contributed by atoms with E-state index in [0.29, 0.717) is 12.0 Å². The molecule has 0 atom stereocenters. The molecule has 0 amide bonds. The molecule has 0 aromatic carbocycles. The van der Waals surface area contributed by atoms with Gasteiger partial charge in [-0.1, -0.05) is 19.3 Å². The van der Waals surface area contributed by atoms with Gasteiger partial charge in [-0.15, -0.1) is 0 Å². The Hall–Kier alpha value is -0.730. The van der Waals surface area contributed by atoms with Crippen LogP contribution in [0, 0.1) is 5.92 Å². The molecule has 0 saturated heterocycles. The Balaban J connectivity index is 1.68. The van der Waals surface area contributed by atoms with Gasteiger partial charge in [0.1, 0.15) is 0 Å². The van der Waals surface area contributed by atoms with Crippen molar-refractivity contribution in [3.05, 3.63) is 0 Å². The molecule has 3 nitrogen and oxygen atoms in total. The number of hydrogen-bond donors (Lipinski definition) is 2. The second-order valence-corrected chi connectivity index (χ2v) is 4.65. The van der Waals surface area contributed by atoms with Crippen molar-refractivity contribution in [2.24, 2.45) is 16.6 Å². The average Bonchev–Trinajstić information content (AvgIpc) is 3.00. The molecule has 0 aromatic heterocycles. The van der Waals surface area contributed by atoms with E-state index >= 15 is 0 Å². The fourth-order valence-corrected chi connectivity index (χ4v) is 2.03. The molecule has 2 rings (SSSR count).